The molecule has 0 aliphatic rings. The molecule has 9 heteroatoms. The van der Waals surface area contributed by atoms with Gasteiger partial charge in [-0.15, -0.1) is 0 Å². The average molecular weight is 445 g/mol. The lowest BCUT2D eigenvalue weighted by Gasteiger charge is -2.11. The highest BCUT2D eigenvalue weighted by atomic mass is 35.5. The minimum atomic E-state index is -0.571. The van der Waals surface area contributed by atoms with Crippen molar-refractivity contribution in [1.82, 2.24) is 0 Å². The summed E-state index contributed by atoms with van der Waals surface area (Å²) in [6, 6.07) is 13.3. The summed E-state index contributed by atoms with van der Waals surface area (Å²) < 4.78 is 11.3. The van der Waals surface area contributed by atoms with Crippen LogP contribution < -0.4 is 9.47 Å². The fraction of sp³-hybridized carbons (Fsp3) is 0. The second-order valence-electron chi connectivity index (χ2n) is 5.24. The van der Waals surface area contributed by atoms with E-state index in [9.17, 15) is 10.1 Å². The van der Waals surface area contributed by atoms with E-state index in [-0.39, 0.29) is 28.0 Å². The summed E-state index contributed by atoms with van der Waals surface area (Å²) in [6.45, 7) is 0. The van der Waals surface area contributed by atoms with Crippen LogP contribution in [0.3, 0.4) is 0 Å². The zero-order chi connectivity index (χ0) is 19.6. The normalized spacial score (nSPS) is 10.5. The maximum absolute atomic E-state index is 11.3. The molecular weight excluding hydrogens is 436 g/mol. The van der Waals surface area contributed by atoms with Crippen LogP contribution in [-0.2, 0) is 0 Å². The van der Waals surface area contributed by atoms with Crippen molar-refractivity contribution in [3.8, 4) is 23.0 Å². The molecule has 0 radical (unpaired) electrons. The first-order valence-corrected chi connectivity index (χ1v) is 8.89. The lowest BCUT2D eigenvalue weighted by Crippen LogP contribution is -1.95. The van der Waals surface area contributed by atoms with Crippen molar-refractivity contribution >= 4 is 52.1 Å². The van der Waals surface area contributed by atoms with E-state index in [1.807, 2.05) is 0 Å². The van der Waals surface area contributed by atoms with Gasteiger partial charge < -0.3 is 9.47 Å². The van der Waals surface area contributed by atoms with Gasteiger partial charge in [0.15, 0.2) is 0 Å². The van der Waals surface area contributed by atoms with Gasteiger partial charge in [-0.25, -0.2) is 0 Å². The van der Waals surface area contributed by atoms with Crippen molar-refractivity contribution in [3.05, 3.63) is 84.8 Å². The van der Waals surface area contributed by atoms with E-state index in [1.165, 1.54) is 36.4 Å². The zero-order valence-electron chi connectivity index (χ0n) is 13.3. The fourth-order valence-electron chi connectivity index (χ4n) is 2.15. The van der Waals surface area contributed by atoms with Gasteiger partial charge in [0.2, 0.25) is 5.75 Å². The highest BCUT2D eigenvalue weighted by Crippen LogP contribution is 2.40. The summed E-state index contributed by atoms with van der Waals surface area (Å²) in [4.78, 5) is 10.7. The largest absolute Gasteiger partial charge is 0.456 e. The topological polar surface area (TPSA) is 61.6 Å². The summed E-state index contributed by atoms with van der Waals surface area (Å²) in [5.41, 5.74) is -0.254. The van der Waals surface area contributed by atoms with Crippen LogP contribution >= 0.6 is 46.4 Å². The molecule has 0 heterocycles. The van der Waals surface area contributed by atoms with Gasteiger partial charge in [0, 0.05) is 22.2 Å². The minimum absolute atomic E-state index is 0.0493. The van der Waals surface area contributed by atoms with Crippen molar-refractivity contribution in [2.45, 2.75) is 0 Å². The van der Waals surface area contributed by atoms with Crippen LogP contribution in [0, 0.1) is 10.1 Å². The van der Waals surface area contributed by atoms with Gasteiger partial charge in [-0.3, -0.25) is 10.1 Å². The van der Waals surface area contributed by atoms with Crippen LogP contribution in [0.5, 0.6) is 23.0 Å². The first kappa shape index (κ1) is 19.6. The number of benzene rings is 3. The Labute approximate surface area is 174 Å². The Bertz CT molecular complexity index is 1030. The first-order valence-electron chi connectivity index (χ1n) is 7.38. The van der Waals surface area contributed by atoms with Crippen molar-refractivity contribution in [3.63, 3.8) is 0 Å². The number of halogens is 4. The number of ether oxygens (including phenoxy) is 2. The lowest BCUT2D eigenvalue weighted by atomic mass is 10.2. The highest BCUT2D eigenvalue weighted by molar-refractivity contribution is 6.36. The van der Waals surface area contributed by atoms with Crippen molar-refractivity contribution in [2.24, 2.45) is 0 Å². The SMILES string of the molecule is O=[N+]([O-])c1ccc(Oc2ccc(Cl)cc2Cl)cc1Oc1ccc(Cl)cc1Cl. The second-order valence-corrected chi connectivity index (χ2v) is 6.93. The van der Waals surface area contributed by atoms with Gasteiger partial charge in [0.25, 0.3) is 0 Å². The van der Waals surface area contributed by atoms with E-state index in [0.717, 1.165) is 0 Å². The first-order chi connectivity index (χ1) is 12.8. The smallest absolute Gasteiger partial charge is 0.311 e. The van der Waals surface area contributed by atoms with E-state index in [0.29, 0.717) is 20.8 Å². The molecule has 27 heavy (non-hydrogen) atoms. The maximum atomic E-state index is 11.3. The molecule has 0 aliphatic heterocycles. The Morgan fingerprint density at radius 2 is 1.26 bits per heavy atom. The van der Waals surface area contributed by atoms with Crippen molar-refractivity contribution in [2.75, 3.05) is 0 Å². The molecule has 0 fully saturated rings. The molecule has 0 saturated heterocycles. The fourth-order valence-corrected chi connectivity index (χ4v) is 3.05. The number of nitrogens with zero attached hydrogens (tertiary/aromatic N) is 1. The Morgan fingerprint density at radius 3 is 1.78 bits per heavy atom. The molecule has 0 unspecified atom stereocenters. The quantitative estimate of drug-likeness (QED) is 0.297. The number of hydrogen-bond acceptors (Lipinski definition) is 4. The van der Waals surface area contributed by atoms with Gasteiger partial charge in [0.05, 0.1) is 15.0 Å². The Kier molecular flexibility index (Phi) is 5.97. The van der Waals surface area contributed by atoms with Crippen LogP contribution in [0.4, 0.5) is 5.69 Å². The van der Waals surface area contributed by atoms with E-state index in [1.54, 1.807) is 18.2 Å². The average Bonchev–Trinajstić information content (AvgIpc) is 2.60. The maximum Gasteiger partial charge on any atom is 0.311 e. The summed E-state index contributed by atoms with van der Waals surface area (Å²) in [5.74, 6) is 0.785. The molecule has 0 aliphatic carbocycles. The van der Waals surface area contributed by atoms with Crippen LogP contribution in [-0.4, -0.2) is 4.92 Å². The summed E-state index contributed by atoms with van der Waals surface area (Å²) in [7, 11) is 0. The molecule has 0 aromatic heterocycles. The third-order valence-corrected chi connectivity index (χ3v) is 4.42. The van der Waals surface area contributed by atoms with Crippen LogP contribution in [0.25, 0.3) is 0 Å². The molecule has 0 amide bonds. The van der Waals surface area contributed by atoms with E-state index in [4.69, 9.17) is 55.9 Å². The molecule has 0 spiro atoms. The van der Waals surface area contributed by atoms with Gasteiger partial charge in [-0.2, -0.15) is 0 Å². The molecule has 3 aromatic rings. The summed E-state index contributed by atoms with van der Waals surface area (Å²) in [5, 5.41) is 12.7. The van der Waals surface area contributed by atoms with E-state index in [2.05, 4.69) is 0 Å². The number of hydrogen-bond donors (Lipinski definition) is 0. The molecule has 0 N–H and O–H groups in total. The lowest BCUT2D eigenvalue weighted by molar-refractivity contribution is -0.385. The molecule has 3 rings (SSSR count). The monoisotopic (exact) mass is 443 g/mol. The second kappa shape index (κ2) is 8.23. The third-order valence-electron chi connectivity index (χ3n) is 3.36. The van der Waals surface area contributed by atoms with Gasteiger partial charge in [-0.05, 0) is 42.5 Å². The molecule has 0 saturated carbocycles. The van der Waals surface area contributed by atoms with Crippen molar-refractivity contribution < 1.29 is 14.4 Å². The molecule has 0 atom stereocenters. The van der Waals surface area contributed by atoms with E-state index >= 15 is 0 Å². The van der Waals surface area contributed by atoms with Gasteiger partial charge in [-0.1, -0.05) is 46.4 Å². The van der Waals surface area contributed by atoms with Gasteiger partial charge in [0.1, 0.15) is 17.2 Å². The zero-order valence-corrected chi connectivity index (χ0v) is 16.3. The molecular formula is C18H9Cl4NO4. The van der Waals surface area contributed by atoms with Crippen LogP contribution in [0.2, 0.25) is 20.1 Å². The number of nitro groups is 1. The van der Waals surface area contributed by atoms with Crippen LogP contribution in [0.1, 0.15) is 0 Å². The Hall–Kier alpha value is -2.18. The molecule has 3 aromatic carbocycles. The summed E-state index contributed by atoms with van der Waals surface area (Å²) >= 11 is 23.9. The third kappa shape index (κ3) is 4.76. The summed E-state index contributed by atoms with van der Waals surface area (Å²) in [6.07, 6.45) is 0. The van der Waals surface area contributed by atoms with Crippen LogP contribution in [0.15, 0.2) is 54.6 Å². The molecule has 0 bridgehead atoms. The molecule has 138 valence electrons. The number of nitro benzene ring substituents is 1. The van der Waals surface area contributed by atoms with E-state index < -0.39 is 4.92 Å². The highest BCUT2D eigenvalue weighted by Gasteiger charge is 2.19. The molecule has 5 nitrogen and oxygen atoms in total. The van der Waals surface area contributed by atoms with Gasteiger partial charge >= 0.3 is 5.69 Å². The minimum Gasteiger partial charge on any atom is -0.456 e. The Morgan fingerprint density at radius 1 is 0.704 bits per heavy atom. The standard InChI is InChI=1S/C18H9Cl4NO4/c19-10-1-5-16(13(21)7-10)26-12-3-4-15(23(24)25)18(9-12)27-17-6-2-11(20)8-14(17)22/h1-9H. The Balaban J connectivity index is 1.96. The van der Waals surface area contributed by atoms with Crippen molar-refractivity contribution in [1.29, 1.82) is 0 Å². The predicted octanol–water partition coefficient (Wildman–Crippen LogP) is 7.79. The predicted molar refractivity (Wildman–Crippen MR) is 106 cm³/mol. The number of rotatable bonds is 5.